The van der Waals surface area contributed by atoms with Gasteiger partial charge in [-0.05, 0) is 83.9 Å². The van der Waals surface area contributed by atoms with Crippen LogP contribution in [0.2, 0.25) is 0 Å². The molecular weight excluding hydrogens is 701 g/mol. The maximum absolute atomic E-state index is 13.5. The van der Waals surface area contributed by atoms with Crippen LogP contribution >= 0.6 is 0 Å². The fourth-order valence-corrected chi connectivity index (χ4v) is 4.92. The first-order valence-corrected chi connectivity index (χ1v) is 16.1. The number of halogens is 3. The molecule has 0 spiro atoms. The first kappa shape index (κ1) is 39.8. The van der Waals surface area contributed by atoms with Crippen LogP contribution in [0.5, 0.6) is 17.2 Å². The highest BCUT2D eigenvalue weighted by Gasteiger charge is 2.34. The zero-order valence-corrected chi connectivity index (χ0v) is 28.8. The van der Waals surface area contributed by atoms with Crippen molar-refractivity contribution in [2.75, 3.05) is 52.5 Å². The fraction of sp³-hybridized carbons (Fsp3) is 0.263. The molecule has 0 aliphatic heterocycles. The Labute approximate surface area is 303 Å². The summed E-state index contributed by atoms with van der Waals surface area (Å²) in [5.74, 6) is -2.43. The van der Waals surface area contributed by atoms with E-state index in [2.05, 4.69) is 5.32 Å². The van der Waals surface area contributed by atoms with E-state index in [1.54, 1.807) is 43.5 Å². The van der Waals surface area contributed by atoms with E-state index in [4.69, 9.17) is 23.7 Å². The number of ether oxygens (including phenoxy) is 5. The minimum absolute atomic E-state index is 0.00140. The first-order chi connectivity index (χ1) is 25.4. The topological polar surface area (TPSA) is 150 Å². The number of carbonyl (C=O) groups is 4. The molecule has 0 saturated heterocycles. The van der Waals surface area contributed by atoms with Gasteiger partial charge in [0.2, 0.25) is 5.91 Å². The van der Waals surface area contributed by atoms with Crippen molar-refractivity contribution in [1.29, 1.82) is 0 Å². The summed E-state index contributed by atoms with van der Waals surface area (Å²) < 4.78 is 66.8. The third-order valence-corrected chi connectivity index (χ3v) is 7.53. The maximum atomic E-state index is 13.5. The van der Waals surface area contributed by atoms with Crippen molar-refractivity contribution >= 4 is 29.4 Å². The van der Waals surface area contributed by atoms with Gasteiger partial charge in [0.05, 0.1) is 44.5 Å². The largest absolute Gasteiger partial charge is 0.497 e. The van der Waals surface area contributed by atoms with Crippen LogP contribution in [0, 0.1) is 0 Å². The van der Waals surface area contributed by atoms with E-state index in [0.717, 1.165) is 11.0 Å². The lowest BCUT2D eigenvalue weighted by Crippen LogP contribution is -2.35. The average Bonchev–Trinajstić information content (AvgIpc) is 3.13. The monoisotopic (exact) mass is 738 g/mol. The zero-order valence-electron chi connectivity index (χ0n) is 28.8. The summed E-state index contributed by atoms with van der Waals surface area (Å²) in [6.45, 7) is 0.935. The zero-order chi connectivity index (χ0) is 38.4. The van der Waals surface area contributed by atoms with Gasteiger partial charge in [0.25, 0.3) is 5.91 Å². The molecule has 4 aromatic carbocycles. The second kappa shape index (κ2) is 19.1. The molecule has 0 radical (unpaired) electrons. The molecule has 280 valence electrons. The number of esters is 1. The Kier molecular flexibility index (Phi) is 14.3. The van der Waals surface area contributed by atoms with Crippen LogP contribution in [-0.2, 0) is 38.2 Å². The van der Waals surface area contributed by atoms with Crippen molar-refractivity contribution in [1.82, 2.24) is 4.90 Å². The van der Waals surface area contributed by atoms with Gasteiger partial charge in [-0.15, -0.1) is 0 Å². The van der Waals surface area contributed by atoms with Crippen molar-refractivity contribution in [2.24, 2.45) is 0 Å². The summed E-state index contributed by atoms with van der Waals surface area (Å²) in [5, 5.41) is 12.0. The predicted molar refractivity (Wildman–Crippen MR) is 185 cm³/mol. The molecule has 0 unspecified atom stereocenters. The van der Waals surface area contributed by atoms with Crippen molar-refractivity contribution in [3.63, 3.8) is 0 Å². The van der Waals surface area contributed by atoms with Crippen LogP contribution in [0.25, 0.3) is 0 Å². The summed E-state index contributed by atoms with van der Waals surface area (Å²) in [4.78, 5) is 51.3. The summed E-state index contributed by atoms with van der Waals surface area (Å²) in [6, 6.07) is 21.4. The van der Waals surface area contributed by atoms with E-state index in [9.17, 15) is 37.5 Å². The molecule has 0 aromatic heterocycles. The van der Waals surface area contributed by atoms with E-state index in [0.29, 0.717) is 37.7 Å². The highest BCUT2D eigenvalue weighted by molar-refractivity contribution is 5.97. The number of amides is 2. The Morgan fingerprint density at radius 1 is 0.755 bits per heavy atom. The van der Waals surface area contributed by atoms with Gasteiger partial charge < -0.3 is 39.0 Å². The van der Waals surface area contributed by atoms with Gasteiger partial charge in [-0.3, -0.25) is 14.4 Å². The van der Waals surface area contributed by atoms with Crippen LogP contribution in [0.4, 0.5) is 18.9 Å². The molecule has 2 N–H and O–H groups in total. The van der Waals surface area contributed by atoms with E-state index >= 15 is 0 Å². The number of alkyl halides is 3. The quantitative estimate of drug-likeness (QED) is 0.0720. The number of aliphatic carboxylic acids is 1. The van der Waals surface area contributed by atoms with Gasteiger partial charge in [-0.2, -0.15) is 13.2 Å². The maximum Gasteiger partial charge on any atom is 0.416 e. The number of carbonyl (C=O) groups excluding carboxylic acids is 3. The molecule has 0 aliphatic rings. The summed E-state index contributed by atoms with van der Waals surface area (Å²) in [7, 11) is 2.82. The van der Waals surface area contributed by atoms with Gasteiger partial charge in [0.1, 0.15) is 30.4 Å². The molecule has 2 amide bonds. The Morgan fingerprint density at radius 2 is 1.38 bits per heavy atom. The normalized spacial score (nSPS) is 11.0. The minimum Gasteiger partial charge on any atom is -0.497 e. The third kappa shape index (κ3) is 12.4. The highest BCUT2D eigenvalue weighted by Crippen LogP contribution is 2.35. The van der Waals surface area contributed by atoms with Crippen LogP contribution in [0.3, 0.4) is 0 Å². The van der Waals surface area contributed by atoms with Gasteiger partial charge in [0, 0.05) is 24.9 Å². The number of carboxylic acid groups (broad SMARTS) is 1. The third-order valence-electron chi connectivity index (χ3n) is 7.53. The molecule has 0 heterocycles. The number of methoxy groups -OCH3 is 2. The number of nitrogens with zero attached hydrogens (tertiary/aromatic N) is 1. The molecule has 12 nitrogen and oxygen atoms in total. The standard InChI is InChI=1S/C38H37F3N2O10/c1-49-17-18-51-19-20-52-30-14-7-27(8-15-30)37(48)53-31-12-3-25(4-13-31)23-43(24-35(45)46)36(47)26-5-10-29(11-6-26)42-34(44)21-28-9-16-32(50-2)22-33(28)38(39,40)41/h3-16,22H,17-21,23-24H2,1-2H3,(H,42,44)(H,45,46). The second-order valence-electron chi connectivity index (χ2n) is 11.4. The highest BCUT2D eigenvalue weighted by atomic mass is 19.4. The molecule has 0 fully saturated rings. The van der Waals surface area contributed by atoms with Gasteiger partial charge >= 0.3 is 18.1 Å². The van der Waals surface area contributed by atoms with Gasteiger partial charge in [-0.25, -0.2) is 4.79 Å². The number of hydrogen-bond donors (Lipinski definition) is 2. The van der Waals surface area contributed by atoms with Crippen LogP contribution in [0.1, 0.15) is 37.4 Å². The molecule has 15 heteroatoms. The number of benzene rings is 4. The molecule has 0 aliphatic carbocycles. The van der Waals surface area contributed by atoms with Crippen LogP contribution < -0.4 is 19.5 Å². The van der Waals surface area contributed by atoms with Gasteiger partial charge in [0.15, 0.2) is 0 Å². The van der Waals surface area contributed by atoms with E-state index in [-0.39, 0.29) is 40.4 Å². The lowest BCUT2D eigenvalue weighted by molar-refractivity contribution is -0.139. The molecule has 0 bridgehead atoms. The van der Waals surface area contributed by atoms with Crippen LogP contribution in [0.15, 0.2) is 91.0 Å². The van der Waals surface area contributed by atoms with Crippen molar-refractivity contribution in [2.45, 2.75) is 19.1 Å². The number of rotatable bonds is 18. The molecule has 0 saturated carbocycles. The number of anilines is 1. The molecular formula is C38H37F3N2O10. The molecule has 53 heavy (non-hydrogen) atoms. The Balaban J connectivity index is 1.32. The lowest BCUT2D eigenvalue weighted by Gasteiger charge is -2.21. The Hall–Kier alpha value is -5.93. The van der Waals surface area contributed by atoms with Crippen molar-refractivity contribution < 1.29 is 61.1 Å². The lowest BCUT2D eigenvalue weighted by atomic mass is 10.0. The smallest absolute Gasteiger partial charge is 0.416 e. The first-order valence-electron chi connectivity index (χ1n) is 16.1. The number of carboxylic acids is 1. The van der Waals surface area contributed by atoms with E-state index < -0.39 is 48.5 Å². The molecule has 4 rings (SSSR count). The molecule has 4 aromatic rings. The predicted octanol–water partition coefficient (Wildman–Crippen LogP) is 5.88. The number of hydrogen-bond acceptors (Lipinski definition) is 9. The minimum atomic E-state index is -4.70. The summed E-state index contributed by atoms with van der Waals surface area (Å²) >= 11 is 0. The number of nitrogens with one attached hydrogen (secondary N) is 1. The second-order valence-corrected chi connectivity index (χ2v) is 11.4. The Bertz CT molecular complexity index is 1850. The van der Waals surface area contributed by atoms with Crippen LogP contribution in [-0.4, -0.2) is 81.0 Å². The fourth-order valence-electron chi connectivity index (χ4n) is 4.92. The van der Waals surface area contributed by atoms with Crippen molar-refractivity contribution in [3.05, 3.63) is 119 Å². The van der Waals surface area contributed by atoms with Gasteiger partial charge in [-0.1, -0.05) is 18.2 Å². The van der Waals surface area contributed by atoms with Crippen molar-refractivity contribution in [3.8, 4) is 17.2 Å². The SMILES string of the molecule is COCCOCCOc1ccc(C(=O)Oc2ccc(CN(CC(=O)O)C(=O)c3ccc(NC(=O)Cc4ccc(OC)cc4C(F)(F)F)cc3)cc2)cc1. The molecule has 0 atom stereocenters. The van der Waals surface area contributed by atoms with E-state index in [1.165, 1.54) is 55.6 Å². The summed E-state index contributed by atoms with van der Waals surface area (Å²) in [6.07, 6.45) is -5.27. The Morgan fingerprint density at radius 3 is 2.00 bits per heavy atom. The van der Waals surface area contributed by atoms with E-state index in [1.807, 2.05) is 0 Å². The average molecular weight is 739 g/mol. The summed E-state index contributed by atoms with van der Waals surface area (Å²) in [5.41, 5.74) is -0.0802.